The van der Waals surface area contributed by atoms with E-state index in [9.17, 15) is 9.59 Å². The Bertz CT molecular complexity index is 612. The fourth-order valence-electron chi connectivity index (χ4n) is 2.03. The van der Waals surface area contributed by atoms with Crippen molar-refractivity contribution in [2.75, 3.05) is 6.54 Å². The zero-order valence-electron chi connectivity index (χ0n) is 11.1. The number of aromatic nitrogens is 2. The molecule has 0 saturated carbocycles. The number of benzene rings is 1. The third-order valence-corrected chi connectivity index (χ3v) is 3.10. The Hall–Kier alpha value is -2.04. The lowest BCUT2D eigenvalue weighted by molar-refractivity contribution is 0.239. The van der Waals surface area contributed by atoms with E-state index < -0.39 is 6.03 Å². The molecule has 0 spiro atoms. The summed E-state index contributed by atoms with van der Waals surface area (Å²) in [5.41, 5.74) is 0.371. The van der Waals surface area contributed by atoms with Crippen LogP contribution in [0.3, 0.4) is 0 Å². The Kier molecular flexibility index (Phi) is 4.39. The predicted octanol–water partition coefficient (Wildman–Crippen LogP) is 2.47. The van der Waals surface area contributed by atoms with Gasteiger partial charge in [0.05, 0.1) is 10.9 Å². The van der Waals surface area contributed by atoms with Crippen LogP contribution < -0.4 is 10.9 Å². The minimum atomic E-state index is -0.391. The second kappa shape index (κ2) is 6.22. The van der Waals surface area contributed by atoms with Crippen LogP contribution in [0.4, 0.5) is 4.79 Å². The molecule has 102 valence electrons. The number of nitrogens with zero attached hydrogens (tertiary/aromatic N) is 1. The molecule has 1 aromatic heterocycles. The Morgan fingerprint density at radius 3 is 2.79 bits per heavy atom. The Labute approximate surface area is 111 Å². The van der Waals surface area contributed by atoms with Crippen molar-refractivity contribution in [3.8, 4) is 0 Å². The van der Waals surface area contributed by atoms with Gasteiger partial charge in [-0.05, 0) is 18.6 Å². The third kappa shape index (κ3) is 3.05. The van der Waals surface area contributed by atoms with Gasteiger partial charge in [0, 0.05) is 6.54 Å². The van der Waals surface area contributed by atoms with Gasteiger partial charge in [0.2, 0.25) is 0 Å². The molecule has 1 heterocycles. The summed E-state index contributed by atoms with van der Waals surface area (Å²) in [4.78, 5) is 23.9. The van der Waals surface area contributed by atoms with E-state index in [0.717, 1.165) is 23.9 Å². The molecule has 2 N–H and O–H groups in total. The van der Waals surface area contributed by atoms with Crippen LogP contribution >= 0.6 is 0 Å². The van der Waals surface area contributed by atoms with Crippen molar-refractivity contribution in [3.05, 3.63) is 34.6 Å². The number of H-pyrrole nitrogens is 1. The lowest BCUT2D eigenvalue weighted by Crippen LogP contribution is -2.35. The van der Waals surface area contributed by atoms with Crippen LogP contribution in [-0.4, -0.2) is 22.4 Å². The number of hydrogen-bond acceptors (Lipinski definition) is 2. The van der Waals surface area contributed by atoms with Crippen LogP contribution in [0, 0.1) is 0 Å². The highest BCUT2D eigenvalue weighted by Gasteiger charge is 2.11. The summed E-state index contributed by atoms with van der Waals surface area (Å²) in [5, 5.41) is 6.09. The highest BCUT2D eigenvalue weighted by atomic mass is 16.2. The number of nitrogens with one attached hydrogen (secondary N) is 2. The molecule has 1 aromatic carbocycles. The second-order valence-corrected chi connectivity index (χ2v) is 4.59. The van der Waals surface area contributed by atoms with Crippen molar-refractivity contribution >= 4 is 16.9 Å². The van der Waals surface area contributed by atoms with Crippen molar-refractivity contribution in [2.24, 2.45) is 0 Å². The van der Waals surface area contributed by atoms with Crippen molar-refractivity contribution in [1.29, 1.82) is 0 Å². The van der Waals surface area contributed by atoms with E-state index in [4.69, 9.17) is 0 Å². The van der Waals surface area contributed by atoms with Gasteiger partial charge in [-0.3, -0.25) is 9.89 Å². The highest BCUT2D eigenvalue weighted by molar-refractivity contribution is 5.84. The van der Waals surface area contributed by atoms with Gasteiger partial charge < -0.3 is 5.32 Å². The summed E-state index contributed by atoms with van der Waals surface area (Å²) < 4.78 is 1.03. The molecule has 2 aromatic rings. The molecule has 0 fully saturated rings. The van der Waals surface area contributed by atoms with Crippen LogP contribution in [0.25, 0.3) is 10.9 Å². The molecule has 0 aliphatic rings. The number of fused-ring (bicyclic) bond motifs is 1. The monoisotopic (exact) mass is 261 g/mol. The lowest BCUT2D eigenvalue weighted by atomic mass is 10.2. The van der Waals surface area contributed by atoms with Gasteiger partial charge >= 0.3 is 6.03 Å². The molecule has 0 bridgehead atoms. The van der Waals surface area contributed by atoms with E-state index in [1.807, 2.05) is 6.07 Å². The normalized spacial score (nSPS) is 10.8. The zero-order chi connectivity index (χ0) is 13.7. The maximum absolute atomic E-state index is 12.0. The topological polar surface area (TPSA) is 66.9 Å². The van der Waals surface area contributed by atoms with E-state index in [2.05, 4.69) is 17.3 Å². The van der Waals surface area contributed by atoms with Crippen molar-refractivity contribution in [2.45, 2.75) is 32.6 Å². The average Bonchev–Trinajstić information content (AvgIpc) is 2.76. The van der Waals surface area contributed by atoms with Crippen molar-refractivity contribution < 1.29 is 4.79 Å². The fourth-order valence-corrected chi connectivity index (χ4v) is 2.03. The number of carbonyl (C=O) groups excluding carboxylic acids is 1. The van der Waals surface area contributed by atoms with Gasteiger partial charge in [0.15, 0.2) is 0 Å². The van der Waals surface area contributed by atoms with Gasteiger partial charge in [-0.2, -0.15) is 4.68 Å². The van der Waals surface area contributed by atoms with Gasteiger partial charge in [-0.1, -0.05) is 38.3 Å². The third-order valence-electron chi connectivity index (χ3n) is 3.10. The molecular weight excluding hydrogens is 242 g/mol. The first-order valence-electron chi connectivity index (χ1n) is 6.72. The van der Waals surface area contributed by atoms with Crippen molar-refractivity contribution in [1.82, 2.24) is 15.1 Å². The van der Waals surface area contributed by atoms with Crippen LogP contribution in [0.5, 0.6) is 0 Å². The highest BCUT2D eigenvalue weighted by Crippen LogP contribution is 2.05. The molecular formula is C14H19N3O2. The van der Waals surface area contributed by atoms with Crippen LogP contribution in [-0.2, 0) is 0 Å². The molecule has 0 radical (unpaired) electrons. The number of hydrogen-bond donors (Lipinski definition) is 2. The quantitative estimate of drug-likeness (QED) is 0.812. The number of amides is 1. The van der Waals surface area contributed by atoms with Crippen molar-refractivity contribution in [3.63, 3.8) is 0 Å². The van der Waals surface area contributed by atoms with Gasteiger partial charge in [-0.15, -0.1) is 0 Å². The molecule has 2 rings (SSSR count). The smallest absolute Gasteiger partial charge is 0.336 e. The first-order valence-corrected chi connectivity index (χ1v) is 6.72. The summed E-state index contributed by atoms with van der Waals surface area (Å²) in [5.74, 6) is 0. The number of aromatic amines is 1. The van der Waals surface area contributed by atoms with E-state index in [-0.39, 0.29) is 5.56 Å². The summed E-state index contributed by atoms with van der Waals surface area (Å²) in [7, 11) is 0. The number of unbranched alkanes of at least 4 members (excludes halogenated alkanes) is 3. The largest absolute Gasteiger partial charge is 0.343 e. The summed E-state index contributed by atoms with van der Waals surface area (Å²) in [6.45, 7) is 2.74. The van der Waals surface area contributed by atoms with Gasteiger partial charge in [0.1, 0.15) is 0 Å². The summed E-state index contributed by atoms with van der Waals surface area (Å²) >= 11 is 0. The zero-order valence-corrected chi connectivity index (χ0v) is 11.1. The first kappa shape index (κ1) is 13.4. The molecule has 0 aliphatic heterocycles. The molecule has 19 heavy (non-hydrogen) atoms. The minimum absolute atomic E-state index is 0.304. The summed E-state index contributed by atoms with van der Waals surface area (Å²) in [6.07, 6.45) is 4.37. The number of rotatable bonds is 5. The molecule has 0 aliphatic carbocycles. The first-order chi connectivity index (χ1) is 9.24. The molecule has 0 atom stereocenters. The maximum Gasteiger partial charge on any atom is 0.343 e. The number of para-hydroxylation sites is 1. The molecule has 5 nitrogen and oxygen atoms in total. The van der Waals surface area contributed by atoms with Gasteiger partial charge in [0.25, 0.3) is 5.56 Å². The van der Waals surface area contributed by atoms with Gasteiger partial charge in [-0.25, -0.2) is 4.79 Å². The Balaban J connectivity index is 2.01. The standard InChI is InChI=1S/C14H19N3O2/c1-2-3-4-7-10-15-14(19)17-13(18)11-8-5-6-9-12(11)16-17/h5-6,8-9,16H,2-4,7,10H2,1H3,(H,15,19). The van der Waals surface area contributed by atoms with E-state index >= 15 is 0 Å². The number of carbonyl (C=O) groups is 1. The molecule has 0 unspecified atom stereocenters. The van der Waals surface area contributed by atoms with E-state index in [1.54, 1.807) is 18.2 Å². The average molecular weight is 261 g/mol. The Morgan fingerprint density at radius 1 is 1.26 bits per heavy atom. The second-order valence-electron chi connectivity index (χ2n) is 4.59. The van der Waals surface area contributed by atoms with E-state index in [1.165, 1.54) is 6.42 Å². The van der Waals surface area contributed by atoms with E-state index in [0.29, 0.717) is 17.4 Å². The van der Waals surface area contributed by atoms with Crippen LogP contribution in [0.15, 0.2) is 29.1 Å². The maximum atomic E-state index is 12.0. The summed E-state index contributed by atoms with van der Waals surface area (Å²) in [6, 6.07) is 6.70. The molecule has 0 saturated heterocycles. The fraction of sp³-hybridized carbons (Fsp3) is 0.429. The molecule has 1 amide bonds. The Morgan fingerprint density at radius 2 is 2.05 bits per heavy atom. The minimum Gasteiger partial charge on any atom is -0.336 e. The lowest BCUT2D eigenvalue weighted by Gasteiger charge is -2.04. The van der Waals surface area contributed by atoms with Crippen LogP contribution in [0.1, 0.15) is 32.6 Å². The predicted molar refractivity (Wildman–Crippen MR) is 75.5 cm³/mol. The SMILES string of the molecule is CCCCCCNC(=O)n1[nH]c2ccccc2c1=O. The molecule has 5 heteroatoms. The van der Waals surface area contributed by atoms with Crippen LogP contribution in [0.2, 0.25) is 0 Å².